The Morgan fingerprint density at radius 3 is 2.00 bits per heavy atom. The molecule has 0 fully saturated rings. The largest absolute Gasteiger partial charge is 0.339 e. The molecule has 0 saturated carbocycles. The van der Waals surface area contributed by atoms with Crippen molar-refractivity contribution in [1.29, 1.82) is 0 Å². The van der Waals surface area contributed by atoms with Crippen LogP contribution in [0.5, 0.6) is 0 Å². The Balaban J connectivity index is 0.000000120. The maximum absolute atomic E-state index is 11.6. The van der Waals surface area contributed by atoms with E-state index in [0.29, 0.717) is 0 Å². The topological polar surface area (TPSA) is 28.7 Å². The maximum atomic E-state index is 11.6. The Morgan fingerprint density at radius 2 is 1.83 bits per heavy atom. The van der Waals surface area contributed by atoms with E-state index in [1.807, 2.05) is 18.2 Å². The monoisotopic (exact) mass is 164 g/mol. The molecule has 0 atom stereocenters. The molecule has 0 saturated heterocycles. The SMILES string of the molecule is Fc1ccc[nH]1.c1ccncc1. The molecule has 2 aromatic rings. The Hall–Kier alpha value is -1.64. The second kappa shape index (κ2) is 5.07. The molecule has 0 bridgehead atoms. The van der Waals surface area contributed by atoms with E-state index in [2.05, 4.69) is 9.97 Å². The molecule has 0 amide bonds. The summed E-state index contributed by atoms with van der Waals surface area (Å²) >= 11 is 0. The van der Waals surface area contributed by atoms with Gasteiger partial charge in [-0.2, -0.15) is 4.39 Å². The lowest BCUT2D eigenvalue weighted by atomic mass is 10.5. The highest BCUT2D eigenvalue weighted by Gasteiger charge is 1.77. The van der Waals surface area contributed by atoms with E-state index in [4.69, 9.17) is 0 Å². The van der Waals surface area contributed by atoms with Crippen molar-refractivity contribution >= 4 is 0 Å². The zero-order valence-electron chi connectivity index (χ0n) is 6.44. The maximum Gasteiger partial charge on any atom is 0.191 e. The number of hydrogen-bond donors (Lipinski definition) is 1. The van der Waals surface area contributed by atoms with Crippen LogP contribution in [0.15, 0.2) is 48.9 Å². The molecule has 0 unspecified atom stereocenters. The lowest BCUT2D eigenvalue weighted by molar-refractivity contribution is 0.591. The van der Waals surface area contributed by atoms with Gasteiger partial charge in [-0.1, -0.05) is 6.07 Å². The fraction of sp³-hybridized carbons (Fsp3) is 0. The minimum Gasteiger partial charge on any atom is -0.339 e. The number of nitrogens with one attached hydrogen (secondary N) is 1. The lowest BCUT2D eigenvalue weighted by Gasteiger charge is -1.70. The van der Waals surface area contributed by atoms with Crippen molar-refractivity contribution in [2.75, 3.05) is 0 Å². The lowest BCUT2D eigenvalue weighted by Crippen LogP contribution is -1.61. The number of halogens is 1. The van der Waals surface area contributed by atoms with Gasteiger partial charge < -0.3 is 4.98 Å². The quantitative estimate of drug-likeness (QED) is 0.635. The molecule has 0 aliphatic heterocycles. The molecule has 0 aliphatic rings. The van der Waals surface area contributed by atoms with Crippen LogP contribution in [-0.2, 0) is 0 Å². The van der Waals surface area contributed by atoms with Crippen LogP contribution in [0.1, 0.15) is 0 Å². The summed E-state index contributed by atoms with van der Waals surface area (Å²) < 4.78 is 11.6. The second-order valence-electron chi connectivity index (χ2n) is 2.04. The zero-order valence-corrected chi connectivity index (χ0v) is 6.44. The first-order valence-electron chi connectivity index (χ1n) is 3.53. The van der Waals surface area contributed by atoms with Crippen molar-refractivity contribution in [2.45, 2.75) is 0 Å². The standard InChI is InChI=1S/C5H5N.C4H4FN/c1-2-4-6-5-3-1;5-4-2-1-3-6-4/h1-5H;1-3,6H. The predicted molar refractivity (Wildman–Crippen MR) is 45.0 cm³/mol. The van der Waals surface area contributed by atoms with Crippen molar-refractivity contribution in [3.8, 4) is 0 Å². The van der Waals surface area contributed by atoms with Gasteiger partial charge in [0.1, 0.15) is 0 Å². The molecule has 12 heavy (non-hydrogen) atoms. The number of rotatable bonds is 0. The summed E-state index contributed by atoms with van der Waals surface area (Å²) in [6, 6.07) is 8.68. The summed E-state index contributed by atoms with van der Waals surface area (Å²) in [7, 11) is 0. The van der Waals surface area contributed by atoms with Gasteiger partial charge in [0.2, 0.25) is 0 Å². The molecular formula is C9H9FN2. The van der Waals surface area contributed by atoms with Gasteiger partial charge >= 0.3 is 0 Å². The highest BCUT2D eigenvalue weighted by atomic mass is 19.1. The summed E-state index contributed by atoms with van der Waals surface area (Å²) in [6.45, 7) is 0. The molecule has 2 rings (SSSR count). The number of H-pyrrole nitrogens is 1. The van der Waals surface area contributed by atoms with E-state index < -0.39 is 0 Å². The van der Waals surface area contributed by atoms with Crippen LogP contribution in [0.4, 0.5) is 4.39 Å². The summed E-state index contributed by atoms with van der Waals surface area (Å²) in [5.41, 5.74) is 0. The van der Waals surface area contributed by atoms with Crippen molar-refractivity contribution in [2.24, 2.45) is 0 Å². The number of hydrogen-bond acceptors (Lipinski definition) is 1. The third-order valence-corrected chi connectivity index (χ3v) is 1.13. The van der Waals surface area contributed by atoms with Gasteiger partial charge in [0.15, 0.2) is 5.95 Å². The average molecular weight is 164 g/mol. The van der Waals surface area contributed by atoms with Gasteiger partial charge in [-0.15, -0.1) is 0 Å². The molecule has 2 heterocycles. The normalized spacial score (nSPS) is 8.42. The zero-order chi connectivity index (χ0) is 8.65. The van der Waals surface area contributed by atoms with E-state index in [1.54, 1.807) is 18.5 Å². The van der Waals surface area contributed by atoms with Crippen molar-refractivity contribution in [3.63, 3.8) is 0 Å². The van der Waals surface area contributed by atoms with Crippen LogP contribution in [0, 0.1) is 5.95 Å². The van der Waals surface area contributed by atoms with Gasteiger partial charge in [0, 0.05) is 18.6 Å². The Labute approximate surface area is 70.1 Å². The number of aromatic amines is 1. The third kappa shape index (κ3) is 3.51. The summed E-state index contributed by atoms with van der Waals surface area (Å²) in [5, 5.41) is 0. The Morgan fingerprint density at radius 1 is 1.08 bits per heavy atom. The van der Waals surface area contributed by atoms with Crippen molar-refractivity contribution in [3.05, 3.63) is 54.9 Å². The first-order chi connectivity index (χ1) is 5.89. The first-order valence-corrected chi connectivity index (χ1v) is 3.53. The highest BCUT2D eigenvalue weighted by Crippen LogP contribution is 1.86. The van der Waals surface area contributed by atoms with Crippen LogP contribution >= 0.6 is 0 Å². The molecule has 0 aromatic carbocycles. The van der Waals surface area contributed by atoms with Crippen LogP contribution in [0.2, 0.25) is 0 Å². The van der Waals surface area contributed by atoms with E-state index in [1.165, 1.54) is 12.3 Å². The van der Waals surface area contributed by atoms with Crippen LogP contribution in [0.25, 0.3) is 0 Å². The Kier molecular flexibility index (Phi) is 3.57. The molecule has 3 heteroatoms. The molecule has 0 spiro atoms. The van der Waals surface area contributed by atoms with E-state index >= 15 is 0 Å². The van der Waals surface area contributed by atoms with Crippen molar-refractivity contribution < 1.29 is 4.39 Å². The molecule has 0 radical (unpaired) electrons. The van der Waals surface area contributed by atoms with E-state index in [0.717, 1.165) is 0 Å². The summed E-state index contributed by atoms with van der Waals surface area (Å²) in [6.07, 6.45) is 5.04. The number of nitrogens with zero attached hydrogens (tertiary/aromatic N) is 1. The van der Waals surface area contributed by atoms with E-state index in [9.17, 15) is 4.39 Å². The third-order valence-electron chi connectivity index (χ3n) is 1.13. The second-order valence-corrected chi connectivity index (χ2v) is 2.04. The highest BCUT2D eigenvalue weighted by molar-refractivity contribution is 4.88. The molecular weight excluding hydrogens is 155 g/mol. The number of aromatic nitrogens is 2. The molecule has 2 nitrogen and oxygen atoms in total. The van der Waals surface area contributed by atoms with Gasteiger partial charge in [-0.3, -0.25) is 4.98 Å². The fourth-order valence-corrected chi connectivity index (χ4v) is 0.621. The minimum atomic E-state index is -0.282. The predicted octanol–water partition coefficient (Wildman–Crippen LogP) is 2.24. The van der Waals surface area contributed by atoms with Crippen molar-refractivity contribution in [1.82, 2.24) is 9.97 Å². The van der Waals surface area contributed by atoms with Crippen LogP contribution in [-0.4, -0.2) is 9.97 Å². The molecule has 2 aromatic heterocycles. The minimum absolute atomic E-state index is 0.282. The molecule has 0 aliphatic carbocycles. The van der Waals surface area contributed by atoms with Gasteiger partial charge in [-0.25, -0.2) is 0 Å². The van der Waals surface area contributed by atoms with E-state index in [-0.39, 0.29) is 5.95 Å². The molecule has 1 N–H and O–H groups in total. The smallest absolute Gasteiger partial charge is 0.191 e. The van der Waals surface area contributed by atoms with Gasteiger partial charge in [-0.05, 0) is 24.3 Å². The fourth-order valence-electron chi connectivity index (χ4n) is 0.621. The van der Waals surface area contributed by atoms with Crippen LogP contribution in [0.3, 0.4) is 0 Å². The van der Waals surface area contributed by atoms with Gasteiger partial charge in [0.25, 0.3) is 0 Å². The average Bonchev–Trinajstić information content (AvgIpc) is 2.60. The van der Waals surface area contributed by atoms with Gasteiger partial charge in [0.05, 0.1) is 0 Å². The van der Waals surface area contributed by atoms with Crippen LogP contribution < -0.4 is 0 Å². The first kappa shape index (κ1) is 8.46. The number of pyridine rings is 1. The molecule has 62 valence electrons. The summed E-state index contributed by atoms with van der Waals surface area (Å²) in [4.78, 5) is 6.12. The Bertz CT molecular complexity index is 252. The summed E-state index contributed by atoms with van der Waals surface area (Å²) in [5.74, 6) is -0.282.